The van der Waals surface area contributed by atoms with Crippen molar-refractivity contribution in [1.29, 1.82) is 0 Å². The van der Waals surface area contributed by atoms with Crippen molar-refractivity contribution < 1.29 is 32.8 Å². The summed E-state index contributed by atoms with van der Waals surface area (Å²) >= 11 is 0. The number of rotatable bonds is 30. The molecule has 0 aromatic carbocycles. The molecule has 0 aliphatic heterocycles. The summed E-state index contributed by atoms with van der Waals surface area (Å²) in [6, 6.07) is 0. The van der Waals surface area contributed by atoms with Gasteiger partial charge in [0.1, 0.15) is 6.10 Å². The van der Waals surface area contributed by atoms with Crippen LogP contribution in [0.4, 0.5) is 0 Å². The van der Waals surface area contributed by atoms with Gasteiger partial charge in [-0.05, 0) is 12.8 Å². The number of carbonyl (C=O) groups is 1. The molecule has 38 heavy (non-hydrogen) atoms. The lowest BCUT2D eigenvalue weighted by Gasteiger charge is -2.19. The highest BCUT2D eigenvalue weighted by Gasteiger charge is 2.25. The molecule has 0 heterocycles. The maximum Gasteiger partial charge on any atom is 0.472 e. The number of esters is 1. The van der Waals surface area contributed by atoms with Gasteiger partial charge in [0.15, 0.2) is 0 Å². The standard InChI is InChI=1S/C29H60NO7P/c1-3-5-6-7-8-9-10-11-12-13-14-15-16-17-18-19-20-21-24-34-26-28(37-29(31)22-4-2)27-36-38(32,33)35-25-23-30/h28H,3-27,30H2,1-2H3,(H,32,33)/t28-/m1/s1. The normalized spacial score (nSPS) is 13.9. The lowest BCUT2D eigenvalue weighted by Crippen LogP contribution is -2.28. The minimum Gasteiger partial charge on any atom is -0.457 e. The minimum absolute atomic E-state index is 0.0933. The molecular formula is C29H60NO7P. The van der Waals surface area contributed by atoms with Crippen molar-refractivity contribution >= 4 is 13.8 Å². The van der Waals surface area contributed by atoms with E-state index in [0.29, 0.717) is 13.0 Å². The molecule has 0 rings (SSSR count). The molecule has 1 unspecified atom stereocenters. The van der Waals surface area contributed by atoms with Crippen LogP contribution < -0.4 is 5.73 Å². The summed E-state index contributed by atoms with van der Waals surface area (Å²) < 4.78 is 32.5. The number of phosphoric ester groups is 1. The van der Waals surface area contributed by atoms with E-state index in [9.17, 15) is 14.3 Å². The summed E-state index contributed by atoms with van der Waals surface area (Å²) in [5.41, 5.74) is 5.28. The summed E-state index contributed by atoms with van der Waals surface area (Å²) in [5, 5.41) is 0. The average Bonchev–Trinajstić information content (AvgIpc) is 2.89. The molecule has 2 atom stereocenters. The summed E-state index contributed by atoms with van der Waals surface area (Å²) in [7, 11) is -4.23. The van der Waals surface area contributed by atoms with Crippen LogP contribution in [0.15, 0.2) is 0 Å². The highest BCUT2D eigenvalue weighted by molar-refractivity contribution is 7.47. The first-order valence-corrected chi connectivity index (χ1v) is 17.0. The Morgan fingerprint density at radius 3 is 1.61 bits per heavy atom. The van der Waals surface area contributed by atoms with Gasteiger partial charge in [0, 0.05) is 19.6 Å². The zero-order valence-electron chi connectivity index (χ0n) is 24.7. The Bertz CT molecular complexity index is 565. The second-order valence-electron chi connectivity index (χ2n) is 10.3. The molecular weight excluding hydrogens is 505 g/mol. The van der Waals surface area contributed by atoms with E-state index in [4.69, 9.17) is 24.3 Å². The van der Waals surface area contributed by atoms with E-state index in [0.717, 1.165) is 12.8 Å². The molecule has 0 radical (unpaired) electrons. The fourth-order valence-electron chi connectivity index (χ4n) is 4.27. The Morgan fingerprint density at radius 2 is 1.16 bits per heavy atom. The molecule has 0 bridgehead atoms. The molecule has 0 amide bonds. The van der Waals surface area contributed by atoms with Crippen LogP contribution in [-0.4, -0.2) is 49.9 Å². The van der Waals surface area contributed by atoms with Gasteiger partial charge in [-0.2, -0.15) is 0 Å². The van der Waals surface area contributed by atoms with Gasteiger partial charge in [0.25, 0.3) is 0 Å². The lowest BCUT2D eigenvalue weighted by molar-refractivity contribution is -0.154. The van der Waals surface area contributed by atoms with Crippen LogP contribution in [-0.2, 0) is 27.9 Å². The van der Waals surface area contributed by atoms with Gasteiger partial charge in [-0.25, -0.2) is 4.57 Å². The van der Waals surface area contributed by atoms with Crippen LogP contribution in [0.2, 0.25) is 0 Å². The topological polar surface area (TPSA) is 117 Å². The number of nitrogens with two attached hydrogens (primary N) is 1. The first-order chi connectivity index (χ1) is 18.4. The van der Waals surface area contributed by atoms with Gasteiger partial charge in [0.2, 0.25) is 0 Å². The molecule has 3 N–H and O–H groups in total. The highest BCUT2D eigenvalue weighted by Crippen LogP contribution is 2.43. The zero-order valence-corrected chi connectivity index (χ0v) is 25.6. The summed E-state index contributed by atoms with van der Waals surface area (Å²) in [4.78, 5) is 21.5. The Kier molecular flexibility index (Phi) is 27.7. The molecule has 228 valence electrons. The van der Waals surface area contributed by atoms with E-state index in [2.05, 4.69) is 6.92 Å². The Morgan fingerprint density at radius 1 is 0.684 bits per heavy atom. The fourth-order valence-corrected chi connectivity index (χ4v) is 5.03. The summed E-state index contributed by atoms with van der Waals surface area (Å²) in [6.07, 6.45) is 24.1. The van der Waals surface area contributed by atoms with Gasteiger partial charge in [-0.1, -0.05) is 123 Å². The Balaban J connectivity index is 3.67. The smallest absolute Gasteiger partial charge is 0.457 e. The van der Waals surface area contributed by atoms with Crippen LogP contribution in [0.3, 0.4) is 0 Å². The highest BCUT2D eigenvalue weighted by atomic mass is 31.2. The largest absolute Gasteiger partial charge is 0.472 e. The van der Waals surface area contributed by atoms with Crippen molar-refractivity contribution in [2.24, 2.45) is 5.73 Å². The fraction of sp³-hybridized carbons (Fsp3) is 0.966. The minimum atomic E-state index is -4.23. The van der Waals surface area contributed by atoms with Gasteiger partial charge < -0.3 is 20.1 Å². The Hall–Kier alpha value is -0.500. The quantitative estimate of drug-likeness (QED) is 0.0514. The number of ether oxygens (including phenoxy) is 2. The number of carbonyl (C=O) groups excluding carboxylic acids is 1. The second kappa shape index (κ2) is 28.0. The van der Waals surface area contributed by atoms with Crippen molar-refractivity contribution in [2.75, 3.05) is 33.0 Å². The summed E-state index contributed by atoms with van der Waals surface area (Å²) in [5.74, 6) is -0.381. The predicted octanol–water partition coefficient (Wildman–Crippen LogP) is 7.85. The van der Waals surface area contributed by atoms with E-state index in [-0.39, 0.29) is 38.8 Å². The molecule has 0 aliphatic rings. The number of phosphoric acid groups is 1. The number of hydrogen-bond donors (Lipinski definition) is 2. The maximum atomic E-state index is 11.8. The van der Waals surface area contributed by atoms with Crippen molar-refractivity contribution in [2.45, 2.75) is 148 Å². The van der Waals surface area contributed by atoms with E-state index >= 15 is 0 Å². The van der Waals surface area contributed by atoms with Crippen LogP contribution in [0, 0.1) is 0 Å². The van der Waals surface area contributed by atoms with E-state index < -0.39 is 13.9 Å². The third-order valence-corrected chi connectivity index (χ3v) is 7.48. The molecule has 0 aromatic heterocycles. The van der Waals surface area contributed by atoms with Gasteiger partial charge >= 0.3 is 13.8 Å². The first-order valence-electron chi connectivity index (χ1n) is 15.5. The SMILES string of the molecule is CCCCCCCCCCCCCCCCCCCCOC[C@H](COP(=O)(O)OCCN)OC(=O)CCC. The van der Waals surface area contributed by atoms with Crippen LogP contribution in [0.1, 0.15) is 142 Å². The molecule has 0 spiro atoms. The van der Waals surface area contributed by atoms with Crippen LogP contribution >= 0.6 is 7.82 Å². The van der Waals surface area contributed by atoms with Crippen molar-refractivity contribution in [3.63, 3.8) is 0 Å². The van der Waals surface area contributed by atoms with Crippen LogP contribution in [0.5, 0.6) is 0 Å². The van der Waals surface area contributed by atoms with Crippen LogP contribution in [0.25, 0.3) is 0 Å². The second-order valence-corrected chi connectivity index (χ2v) is 11.8. The molecule has 0 fully saturated rings. The van der Waals surface area contributed by atoms with Crippen molar-refractivity contribution in [3.05, 3.63) is 0 Å². The average molecular weight is 566 g/mol. The third kappa shape index (κ3) is 27.1. The van der Waals surface area contributed by atoms with Gasteiger partial charge in [-0.3, -0.25) is 13.8 Å². The van der Waals surface area contributed by atoms with Gasteiger partial charge in [0.05, 0.1) is 19.8 Å². The molecule has 0 saturated heterocycles. The summed E-state index contributed by atoms with van der Waals surface area (Å²) in [6.45, 7) is 4.56. The molecule has 0 saturated carbocycles. The van der Waals surface area contributed by atoms with E-state index in [1.165, 1.54) is 103 Å². The third-order valence-electron chi connectivity index (χ3n) is 6.49. The van der Waals surface area contributed by atoms with Crippen molar-refractivity contribution in [1.82, 2.24) is 0 Å². The van der Waals surface area contributed by atoms with Crippen molar-refractivity contribution in [3.8, 4) is 0 Å². The predicted molar refractivity (Wildman–Crippen MR) is 155 cm³/mol. The number of unbranched alkanes of at least 4 members (excludes halogenated alkanes) is 17. The monoisotopic (exact) mass is 565 g/mol. The molecule has 0 aliphatic carbocycles. The first kappa shape index (κ1) is 37.5. The lowest BCUT2D eigenvalue weighted by atomic mass is 10.0. The number of hydrogen-bond acceptors (Lipinski definition) is 7. The van der Waals surface area contributed by atoms with E-state index in [1.54, 1.807) is 0 Å². The Labute approximate surface area is 233 Å². The molecule has 8 nitrogen and oxygen atoms in total. The molecule has 0 aromatic rings. The molecule has 9 heteroatoms. The van der Waals surface area contributed by atoms with Gasteiger partial charge in [-0.15, -0.1) is 0 Å². The zero-order chi connectivity index (χ0) is 28.2. The maximum absolute atomic E-state index is 11.8. The van der Waals surface area contributed by atoms with E-state index in [1.807, 2.05) is 6.92 Å².